The highest BCUT2D eigenvalue weighted by Crippen LogP contribution is 2.35. The summed E-state index contributed by atoms with van der Waals surface area (Å²) in [4.78, 5) is 0. The van der Waals surface area contributed by atoms with Crippen LogP contribution in [0.1, 0.15) is 37.3 Å². The molecule has 0 bridgehead atoms. The van der Waals surface area contributed by atoms with Gasteiger partial charge in [0.1, 0.15) is 11.6 Å². The van der Waals surface area contributed by atoms with E-state index in [0.717, 1.165) is 43.5 Å². The normalized spacial score (nSPS) is 12.0. The maximum atomic E-state index is 14.4. The fourth-order valence-electron chi connectivity index (χ4n) is 2.54. The van der Waals surface area contributed by atoms with E-state index >= 15 is 0 Å². The highest BCUT2D eigenvalue weighted by atomic mass is 19.3. The van der Waals surface area contributed by atoms with E-state index in [4.69, 9.17) is 0 Å². The molecule has 8 heteroatoms. The van der Waals surface area contributed by atoms with Gasteiger partial charge in [0.2, 0.25) is 0 Å². The average Bonchev–Trinajstić information content (AvgIpc) is 2.63. The molecule has 0 aliphatic carbocycles. The van der Waals surface area contributed by atoms with Gasteiger partial charge in [-0.25, -0.2) is 17.6 Å². The van der Waals surface area contributed by atoms with Crippen molar-refractivity contribution >= 4 is 0 Å². The predicted molar refractivity (Wildman–Crippen MR) is 96.3 cm³/mol. The van der Waals surface area contributed by atoms with Crippen molar-refractivity contribution in [1.29, 1.82) is 0 Å². The molecule has 0 amide bonds. The molecule has 0 saturated heterocycles. The number of hydrogen-bond donors (Lipinski definition) is 0. The molecule has 0 aromatic heterocycles. The van der Waals surface area contributed by atoms with Gasteiger partial charge in [-0.15, -0.1) is 0 Å². The van der Waals surface area contributed by atoms with Crippen LogP contribution in [0.25, 0.3) is 0 Å². The molecule has 2 nitrogen and oxygen atoms in total. The van der Waals surface area contributed by atoms with Crippen LogP contribution in [0, 0.1) is 11.6 Å². The highest BCUT2D eigenvalue weighted by Gasteiger charge is 2.37. The third-order valence-electron chi connectivity index (χ3n) is 3.98. The van der Waals surface area contributed by atoms with E-state index in [9.17, 15) is 26.3 Å². The van der Waals surface area contributed by atoms with Crippen LogP contribution >= 0.6 is 0 Å². The summed E-state index contributed by atoms with van der Waals surface area (Å²) in [6.45, 7) is 2.02. The summed E-state index contributed by atoms with van der Waals surface area (Å²) in [5.41, 5.74) is -0.378. The molecular weight excluding hydrogens is 398 g/mol. The van der Waals surface area contributed by atoms with Gasteiger partial charge in [0.15, 0.2) is 11.6 Å². The van der Waals surface area contributed by atoms with Crippen LogP contribution in [0.15, 0.2) is 48.7 Å². The molecule has 2 aromatic carbocycles. The van der Waals surface area contributed by atoms with Crippen LogP contribution < -0.4 is 9.47 Å². The van der Waals surface area contributed by atoms with Gasteiger partial charge >= 0.3 is 6.11 Å². The van der Waals surface area contributed by atoms with Crippen molar-refractivity contribution in [2.45, 2.75) is 45.1 Å². The smallest absolute Gasteiger partial charge is 0.429 e. The fourth-order valence-corrected chi connectivity index (χ4v) is 2.54. The Morgan fingerprint density at radius 1 is 1.00 bits per heavy atom. The minimum atomic E-state index is -4.05. The molecule has 0 atom stereocenters. The van der Waals surface area contributed by atoms with E-state index in [1.54, 1.807) is 0 Å². The van der Waals surface area contributed by atoms with Crippen LogP contribution in [0.3, 0.4) is 0 Å². The Hall–Kier alpha value is -2.64. The molecule has 0 heterocycles. The Balaban J connectivity index is 2.11. The van der Waals surface area contributed by atoms with Crippen molar-refractivity contribution in [3.05, 3.63) is 71.5 Å². The van der Waals surface area contributed by atoms with Crippen molar-refractivity contribution in [2.24, 2.45) is 0 Å². The Bertz CT molecular complexity index is 836. The Kier molecular flexibility index (Phi) is 7.99. The predicted octanol–water partition coefficient (Wildman–Crippen LogP) is 6.98. The average molecular weight is 418 g/mol. The maximum Gasteiger partial charge on any atom is 0.429 e. The third-order valence-corrected chi connectivity index (χ3v) is 3.98. The Morgan fingerprint density at radius 2 is 1.76 bits per heavy atom. The van der Waals surface area contributed by atoms with Gasteiger partial charge in [-0.05, 0) is 42.7 Å². The molecular formula is C21H20F6O2. The van der Waals surface area contributed by atoms with Crippen LogP contribution in [0.5, 0.6) is 11.5 Å². The number of aryl methyl sites for hydroxylation is 1. The van der Waals surface area contributed by atoms with Gasteiger partial charge < -0.3 is 9.47 Å². The number of benzene rings is 2. The number of unbranched alkanes of at least 4 members (excludes halogenated alkanes) is 2. The summed E-state index contributed by atoms with van der Waals surface area (Å²) in [5, 5.41) is 0. The Labute approximate surface area is 164 Å². The van der Waals surface area contributed by atoms with Gasteiger partial charge in [0.05, 0.1) is 11.8 Å². The zero-order valence-corrected chi connectivity index (χ0v) is 15.6. The number of hydrogen-bond acceptors (Lipinski definition) is 2. The van der Waals surface area contributed by atoms with Gasteiger partial charge in [0.25, 0.3) is 6.43 Å². The van der Waals surface area contributed by atoms with Crippen molar-refractivity contribution in [2.75, 3.05) is 0 Å². The van der Waals surface area contributed by atoms with Crippen molar-refractivity contribution in [3.63, 3.8) is 0 Å². The molecule has 0 aliphatic heterocycles. The summed E-state index contributed by atoms with van der Waals surface area (Å²) in [5.74, 6) is -3.27. The zero-order valence-electron chi connectivity index (χ0n) is 15.6. The highest BCUT2D eigenvalue weighted by molar-refractivity contribution is 5.35. The lowest BCUT2D eigenvalue weighted by Gasteiger charge is -2.19. The first kappa shape index (κ1) is 22.6. The Morgan fingerprint density at radius 3 is 2.38 bits per heavy atom. The number of allylic oxidation sites excluding steroid dienone is 1. The molecule has 0 radical (unpaired) electrons. The molecule has 0 aliphatic rings. The molecule has 158 valence electrons. The summed E-state index contributed by atoms with van der Waals surface area (Å²) in [7, 11) is 0. The lowest BCUT2D eigenvalue weighted by molar-refractivity contribution is -0.187. The van der Waals surface area contributed by atoms with E-state index in [0.29, 0.717) is 30.4 Å². The van der Waals surface area contributed by atoms with E-state index in [1.165, 1.54) is 6.07 Å². The van der Waals surface area contributed by atoms with Crippen LogP contribution in [0.2, 0.25) is 0 Å². The SMILES string of the molecule is CCCCCc1ccc(C(F)(F)Oc2ccc(O/C=C/C(F)F)c(F)c2)c(F)c1. The van der Waals surface area contributed by atoms with Crippen LogP contribution in [-0.2, 0) is 12.5 Å². The van der Waals surface area contributed by atoms with Gasteiger partial charge in [-0.2, -0.15) is 8.78 Å². The monoisotopic (exact) mass is 418 g/mol. The van der Waals surface area contributed by atoms with Crippen molar-refractivity contribution in [1.82, 2.24) is 0 Å². The molecule has 0 unspecified atom stereocenters. The van der Waals surface area contributed by atoms with Gasteiger partial charge in [-0.1, -0.05) is 25.8 Å². The van der Waals surface area contributed by atoms with Gasteiger partial charge in [0, 0.05) is 12.1 Å². The number of alkyl halides is 4. The number of ether oxygens (including phenoxy) is 2. The van der Waals surface area contributed by atoms with Crippen LogP contribution in [0.4, 0.5) is 26.3 Å². The summed E-state index contributed by atoms with van der Waals surface area (Å²) < 4.78 is 89.9. The standard InChI is InChI=1S/C21H20F6O2/c1-2-3-4-5-14-6-8-16(17(22)12-14)21(26,27)29-15-7-9-19(18(23)13-15)28-11-10-20(24)25/h6-13,20H,2-5H2,1H3/b11-10+. The molecule has 0 spiro atoms. The molecule has 0 N–H and O–H groups in total. The molecule has 2 aromatic rings. The van der Waals surface area contributed by atoms with Crippen LogP contribution in [-0.4, -0.2) is 6.43 Å². The summed E-state index contributed by atoms with van der Waals surface area (Å²) >= 11 is 0. The minimum absolute atomic E-state index is 0.382. The summed E-state index contributed by atoms with van der Waals surface area (Å²) in [6.07, 6.45) is -2.54. The number of rotatable bonds is 10. The second-order valence-corrected chi connectivity index (χ2v) is 6.26. The minimum Gasteiger partial charge on any atom is -0.462 e. The van der Waals surface area contributed by atoms with E-state index in [2.05, 4.69) is 9.47 Å². The topological polar surface area (TPSA) is 18.5 Å². The molecule has 29 heavy (non-hydrogen) atoms. The molecule has 0 saturated carbocycles. The van der Waals surface area contributed by atoms with Crippen molar-refractivity contribution < 1.29 is 35.8 Å². The second-order valence-electron chi connectivity index (χ2n) is 6.26. The first-order valence-corrected chi connectivity index (χ1v) is 8.99. The number of halogens is 6. The second kappa shape index (κ2) is 10.2. The van der Waals surface area contributed by atoms with E-state index < -0.39 is 41.2 Å². The van der Waals surface area contributed by atoms with E-state index in [1.807, 2.05) is 6.92 Å². The van der Waals surface area contributed by atoms with Gasteiger partial charge in [-0.3, -0.25) is 0 Å². The maximum absolute atomic E-state index is 14.4. The zero-order chi connectivity index (χ0) is 21.4. The third kappa shape index (κ3) is 6.73. The summed E-state index contributed by atoms with van der Waals surface area (Å²) in [6, 6.07) is 5.87. The molecule has 0 fully saturated rings. The molecule has 2 rings (SSSR count). The quantitative estimate of drug-likeness (QED) is 0.235. The first-order chi connectivity index (χ1) is 13.7. The fraction of sp³-hybridized carbons (Fsp3) is 0.333. The lowest BCUT2D eigenvalue weighted by atomic mass is 10.0. The van der Waals surface area contributed by atoms with Crippen molar-refractivity contribution in [3.8, 4) is 11.5 Å². The largest absolute Gasteiger partial charge is 0.462 e. The van der Waals surface area contributed by atoms with E-state index in [-0.39, 0.29) is 0 Å². The lowest BCUT2D eigenvalue weighted by Crippen LogP contribution is -2.23. The first-order valence-electron chi connectivity index (χ1n) is 8.99.